The smallest absolute Gasteiger partial charge is 0.226 e. The zero-order chi connectivity index (χ0) is 18.6. The first kappa shape index (κ1) is 19.6. The van der Waals surface area contributed by atoms with E-state index in [9.17, 15) is 4.79 Å². The van der Waals surface area contributed by atoms with Crippen LogP contribution in [0.15, 0.2) is 0 Å². The normalized spacial score (nSPS) is 29.7. The average molecular weight is 379 g/mol. The molecule has 154 valence electrons. The van der Waals surface area contributed by atoms with Crippen LogP contribution in [0.5, 0.6) is 0 Å². The molecule has 0 N–H and O–H groups in total. The Morgan fingerprint density at radius 1 is 1.00 bits per heavy atom. The van der Waals surface area contributed by atoms with E-state index < -0.39 is 0 Å². The lowest BCUT2D eigenvalue weighted by Crippen LogP contribution is -2.56. The van der Waals surface area contributed by atoms with Crippen LogP contribution in [0.2, 0.25) is 0 Å². The molecule has 3 aliphatic heterocycles. The number of ether oxygens (including phenoxy) is 1. The van der Waals surface area contributed by atoms with E-state index in [1.807, 2.05) is 0 Å². The van der Waals surface area contributed by atoms with Gasteiger partial charge in [0.1, 0.15) is 0 Å². The lowest BCUT2D eigenvalue weighted by Gasteiger charge is -2.45. The van der Waals surface area contributed by atoms with E-state index in [2.05, 4.69) is 26.6 Å². The van der Waals surface area contributed by atoms with Crippen LogP contribution in [0.1, 0.15) is 38.5 Å². The van der Waals surface area contributed by atoms with Gasteiger partial charge in [-0.3, -0.25) is 14.6 Å². The molecule has 1 aliphatic carbocycles. The van der Waals surface area contributed by atoms with E-state index in [1.165, 1.54) is 45.3 Å². The van der Waals surface area contributed by atoms with Crippen LogP contribution in [0, 0.1) is 5.92 Å². The number of nitrogens with zero attached hydrogens (tertiary/aromatic N) is 4. The molecule has 4 rings (SSSR count). The summed E-state index contributed by atoms with van der Waals surface area (Å²) in [6, 6.07) is 1.15. The molecule has 6 heteroatoms. The Morgan fingerprint density at radius 3 is 2.44 bits per heavy atom. The Morgan fingerprint density at radius 2 is 1.74 bits per heavy atom. The predicted molar refractivity (Wildman–Crippen MR) is 107 cm³/mol. The number of amides is 1. The number of carbonyl (C=O) groups is 1. The van der Waals surface area contributed by atoms with Crippen LogP contribution < -0.4 is 0 Å². The van der Waals surface area contributed by atoms with Gasteiger partial charge in [0.25, 0.3) is 0 Å². The fraction of sp³-hybridized carbons (Fsp3) is 0.952. The van der Waals surface area contributed by atoms with Gasteiger partial charge in [0.15, 0.2) is 0 Å². The summed E-state index contributed by atoms with van der Waals surface area (Å²) in [5.74, 6) is 0.770. The maximum atomic E-state index is 13.1. The summed E-state index contributed by atoms with van der Waals surface area (Å²) in [5, 5.41) is 0. The minimum atomic E-state index is 0.327. The summed E-state index contributed by atoms with van der Waals surface area (Å²) in [5.41, 5.74) is 0. The fourth-order valence-corrected chi connectivity index (χ4v) is 5.04. The van der Waals surface area contributed by atoms with Crippen molar-refractivity contribution in [2.24, 2.45) is 5.92 Å². The summed E-state index contributed by atoms with van der Waals surface area (Å²) in [7, 11) is 2.23. The summed E-state index contributed by atoms with van der Waals surface area (Å²) in [6.07, 6.45) is 7.21. The molecule has 1 unspecified atom stereocenters. The number of carbonyl (C=O) groups excluding carboxylic acids is 1. The second-order valence-corrected chi connectivity index (χ2v) is 9.09. The Balaban J connectivity index is 1.35. The lowest BCUT2D eigenvalue weighted by atomic mass is 9.97. The van der Waals surface area contributed by atoms with Crippen LogP contribution in [0.25, 0.3) is 0 Å². The predicted octanol–water partition coefficient (Wildman–Crippen LogP) is 1.12. The lowest BCUT2D eigenvalue weighted by molar-refractivity contribution is -0.137. The number of hydrogen-bond donors (Lipinski definition) is 0. The van der Waals surface area contributed by atoms with Crippen molar-refractivity contribution in [3.8, 4) is 0 Å². The molecule has 1 saturated carbocycles. The Labute approximate surface area is 164 Å². The van der Waals surface area contributed by atoms with Gasteiger partial charge in [0.2, 0.25) is 5.91 Å². The van der Waals surface area contributed by atoms with Crippen LogP contribution in [-0.2, 0) is 9.53 Å². The van der Waals surface area contributed by atoms with Crippen molar-refractivity contribution < 1.29 is 9.53 Å². The van der Waals surface area contributed by atoms with Crippen molar-refractivity contribution in [2.75, 3.05) is 72.6 Å². The molecule has 27 heavy (non-hydrogen) atoms. The summed E-state index contributed by atoms with van der Waals surface area (Å²) >= 11 is 0. The van der Waals surface area contributed by atoms with Gasteiger partial charge in [-0.15, -0.1) is 0 Å². The molecule has 0 aromatic carbocycles. The first-order chi connectivity index (χ1) is 13.2. The van der Waals surface area contributed by atoms with Gasteiger partial charge in [0, 0.05) is 50.7 Å². The SMILES string of the molecule is CN1CCC(N2CCCC(N(CCN3CCOCC3)C(=O)C3CC3)C2)CC1. The van der Waals surface area contributed by atoms with Gasteiger partial charge in [0.05, 0.1) is 13.2 Å². The number of hydrogen-bond acceptors (Lipinski definition) is 5. The molecule has 3 heterocycles. The highest BCUT2D eigenvalue weighted by atomic mass is 16.5. The number of morpholine rings is 1. The Kier molecular flexibility index (Phi) is 6.69. The van der Waals surface area contributed by atoms with E-state index >= 15 is 0 Å². The highest BCUT2D eigenvalue weighted by molar-refractivity contribution is 5.81. The van der Waals surface area contributed by atoms with Gasteiger partial charge in [-0.2, -0.15) is 0 Å². The number of likely N-dealkylation sites (tertiary alicyclic amines) is 2. The largest absolute Gasteiger partial charge is 0.379 e. The highest BCUT2D eigenvalue weighted by Crippen LogP contribution is 2.33. The number of piperidine rings is 2. The molecule has 0 aromatic rings. The minimum absolute atomic E-state index is 0.327. The number of rotatable bonds is 6. The van der Waals surface area contributed by atoms with E-state index in [1.54, 1.807) is 0 Å². The maximum absolute atomic E-state index is 13.1. The molecule has 1 amide bonds. The van der Waals surface area contributed by atoms with Crippen molar-refractivity contribution in [3.05, 3.63) is 0 Å². The molecule has 0 bridgehead atoms. The van der Waals surface area contributed by atoms with Crippen molar-refractivity contribution in [2.45, 2.75) is 50.6 Å². The molecule has 0 aromatic heterocycles. The van der Waals surface area contributed by atoms with Gasteiger partial charge in [-0.1, -0.05) is 0 Å². The van der Waals surface area contributed by atoms with Crippen LogP contribution in [-0.4, -0.2) is 110 Å². The molecule has 4 aliphatic rings. The molecule has 1 atom stereocenters. The Bertz CT molecular complexity index is 485. The highest BCUT2D eigenvalue weighted by Gasteiger charge is 2.38. The zero-order valence-corrected chi connectivity index (χ0v) is 17.2. The first-order valence-electron chi connectivity index (χ1n) is 11.2. The average Bonchev–Trinajstić information content (AvgIpc) is 3.55. The van der Waals surface area contributed by atoms with Gasteiger partial charge in [-0.05, 0) is 65.2 Å². The zero-order valence-electron chi connectivity index (χ0n) is 17.2. The minimum Gasteiger partial charge on any atom is -0.379 e. The standard InChI is InChI=1S/C21H38N4O2/c1-22-9-6-19(7-10-22)24-8-2-3-20(17-24)25(21(26)18-4-5-18)12-11-23-13-15-27-16-14-23/h18-20H,2-17H2,1H3. The molecule has 0 radical (unpaired) electrons. The quantitative estimate of drug-likeness (QED) is 0.693. The first-order valence-corrected chi connectivity index (χ1v) is 11.2. The molecule has 0 spiro atoms. The van der Waals surface area contributed by atoms with E-state index in [4.69, 9.17) is 4.74 Å². The molecular weight excluding hydrogens is 340 g/mol. The molecule has 6 nitrogen and oxygen atoms in total. The molecular formula is C21H38N4O2. The third-order valence-corrected chi connectivity index (χ3v) is 7.04. The van der Waals surface area contributed by atoms with E-state index in [0.29, 0.717) is 17.9 Å². The van der Waals surface area contributed by atoms with Crippen molar-refractivity contribution in [3.63, 3.8) is 0 Å². The second kappa shape index (κ2) is 9.21. The topological polar surface area (TPSA) is 39.3 Å². The third kappa shape index (κ3) is 5.22. The van der Waals surface area contributed by atoms with E-state index in [0.717, 1.165) is 64.8 Å². The van der Waals surface area contributed by atoms with Crippen LogP contribution >= 0.6 is 0 Å². The van der Waals surface area contributed by atoms with Gasteiger partial charge < -0.3 is 14.5 Å². The van der Waals surface area contributed by atoms with Crippen molar-refractivity contribution in [1.82, 2.24) is 19.6 Å². The van der Waals surface area contributed by atoms with E-state index in [-0.39, 0.29) is 0 Å². The van der Waals surface area contributed by atoms with Crippen LogP contribution in [0.3, 0.4) is 0 Å². The van der Waals surface area contributed by atoms with Crippen molar-refractivity contribution >= 4 is 5.91 Å². The Hall–Kier alpha value is -0.690. The summed E-state index contributed by atoms with van der Waals surface area (Å²) < 4.78 is 5.47. The van der Waals surface area contributed by atoms with Gasteiger partial charge >= 0.3 is 0 Å². The third-order valence-electron chi connectivity index (χ3n) is 7.04. The van der Waals surface area contributed by atoms with Crippen LogP contribution in [0.4, 0.5) is 0 Å². The molecule has 4 fully saturated rings. The summed E-state index contributed by atoms with van der Waals surface area (Å²) in [4.78, 5) is 23.0. The monoisotopic (exact) mass is 378 g/mol. The summed E-state index contributed by atoms with van der Waals surface area (Å²) in [6.45, 7) is 10.4. The second-order valence-electron chi connectivity index (χ2n) is 9.09. The maximum Gasteiger partial charge on any atom is 0.226 e. The fourth-order valence-electron chi connectivity index (χ4n) is 5.04. The molecule has 3 saturated heterocycles. The van der Waals surface area contributed by atoms with Crippen molar-refractivity contribution in [1.29, 1.82) is 0 Å². The van der Waals surface area contributed by atoms with Gasteiger partial charge in [-0.25, -0.2) is 0 Å².